The van der Waals surface area contributed by atoms with Gasteiger partial charge in [0, 0.05) is 11.9 Å². The highest BCUT2D eigenvalue weighted by Crippen LogP contribution is 2.21. The van der Waals surface area contributed by atoms with Crippen molar-refractivity contribution in [2.75, 3.05) is 5.32 Å². The lowest BCUT2D eigenvalue weighted by Gasteiger charge is -2.10. The second kappa shape index (κ2) is 6.84. The molecule has 130 valence electrons. The van der Waals surface area contributed by atoms with Gasteiger partial charge in [-0.05, 0) is 60.8 Å². The highest BCUT2D eigenvalue weighted by Gasteiger charge is 2.14. The van der Waals surface area contributed by atoms with E-state index < -0.39 is 0 Å². The summed E-state index contributed by atoms with van der Waals surface area (Å²) in [7, 11) is 0. The third-order valence-electron chi connectivity index (χ3n) is 4.16. The molecule has 1 N–H and O–H groups in total. The number of halogens is 1. The molecule has 3 aromatic rings. The number of aryl methyl sites for hydroxylation is 3. The van der Waals surface area contributed by atoms with Crippen LogP contribution < -0.4 is 5.32 Å². The van der Waals surface area contributed by atoms with Crippen molar-refractivity contribution in [3.63, 3.8) is 0 Å². The van der Waals surface area contributed by atoms with Crippen LogP contribution in [0.15, 0.2) is 34.9 Å². The molecule has 0 saturated heterocycles. The number of nitrogens with zero attached hydrogens (tertiary/aromatic N) is 4. The number of amides is 1. The lowest BCUT2D eigenvalue weighted by molar-refractivity contribution is 0.102. The van der Waals surface area contributed by atoms with Crippen LogP contribution in [0.2, 0.25) is 0 Å². The normalized spacial score (nSPS) is 10.9. The minimum atomic E-state index is -0.217. The Morgan fingerprint density at radius 3 is 2.40 bits per heavy atom. The van der Waals surface area contributed by atoms with Gasteiger partial charge in [0.05, 0.1) is 15.9 Å². The Bertz CT molecular complexity index is 921. The fourth-order valence-corrected chi connectivity index (χ4v) is 2.98. The lowest BCUT2D eigenvalue weighted by Crippen LogP contribution is -2.16. The molecule has 0 spiro atoms. The molecule has 0 saturated carbocycles. The number of aromatic nitrogens is 4. The molecule has 6 nitrogen and oxygen atoms in total. The van der Waals surface area contributed by atoms with Crippen LogP contribution in [0.1, 0.15) is 33.0 Å². The predicted molar refractivity (Wildman–Crippen MR) is 101 cm³/mol. The Balaban J connectivity index is 1.77. The van der Waals surface area contributed by atoms with Gasteiger partial charge in [-0.25, -0.2) is 4.68 Å². The molecule has 0 aliphatic heterocycles. The molecule has 0 radical (unpaired) electrons. The largest absolute Gasteiger partial charge is 0.320 e. The van der Waals surface area contributed by atoms with Gasteiger partial charge in [0.2, 0.25) is 0 Å². The molecule has 3 rings (SSSR count). The van der Waals surface area contributed by atoms with E-state index in [0.29, 0.717) is 12.4 Å². The smallest absolute Gasteiger partial charge is 0.276 e. The van der Waals surface area contributed by atoms with Gasteiger partial charge in [0.25, 0.3) is 5.91 Å². The summed E-state index contributed by atoms with van der Waals surface area (Å²) in [6.45, 7) is 8.33. The van der Waals surface area contributed by atoms with Crippen LogP contribution in [-0.4, -0.2) is 25.5 Å². The first-order valence-corrected chi connectivity index (χ1v) is 8.76. The minimum Gasteiger partial charge on any atom is -0.320 e. The van der Waals surface area contributed by atoms with E-state index in [2.05, 4.69) is 31.4 Å². The van der Waals surface area contributed by atoms with Crippen molar-refractivity contribution in [1.29, 1.82) is 0 Å². The predicted octanol–water partition coefficient (Wildman–Crippen LogP) is 3.83. The molecular weight excluding hydrogens is 382 g/mol. The third kappa shape index (κ3) is 3.51. The van der Waals surface area contributed by atoms with E-state index in [9.17, 15) is 4.79 Å². The van der Waals surface area contributed by atoms with Crippen molar-refractivity contribution >= 4 is 27.5 Å². The minimum absolute atomic E-state index is 0.217. The van der Waals surface area contributed by atoms with Crippen molar-refractivity contribution in [1.82, 2.24) is 19.6 Å². The third-order valence-corrected chi connectivity index (χ3v) is 5.31. The average molecular weight is 402 g/mol. The van der Waals surface area contributed by atoms with Crippen LogP contribution >= 0.6 is 15.9 Å². The fraction of sp³-hybridized carbons (Fsp3) is 0.278. The Morgan fingerprint density at radius 2 is 1.80 bits per heavy atom. The first-order chi connectivity index (χ1) is 11.9. The monoisotopic (exact) mass is 401 g/mol. The van der Waals surface area contributed by atoms with E-state index in [-0.39, 0.29) is 5.91 Å². The van der Waals surface area contributed by atoms with Crippen LogP contribution in [0.3, 0.4) is 0 Å². The second-order valence-corrected chi connectivity index (χ2v) is 6.88. The van der Waals surface area contributed by atoms with Crippen molar-refractivity contribution in [3.05, 3.63) is 63.1 Å². The van der Waals surface area contributed by atoms with Crippen LogP contribution in [0, 0.1) is 27.7 Å². The van der Waals surface area contributed by atoms with Gasteiger partial charge in [0.1, 0.15) is 6.67 Å². The quantitative estimate of drug-likeness (QED) is 0.722. The summed E-state index contributed by atoms with van der Waals surface area (Å²) in [5, 5.41) is 11.8. The van der Waals surface area contributed by atoms with Crippen molar-refractivity contribution in [3.8, 4) is 0 Å². The zero-order valence-electron chi connectivity index (χ0n) is 14.7. The van der Waals surface area contributed by atoms with Crippen LogP contribution in [0.4, 0.5) is 5.69 Å². The molecule has 0 atom stereocenters. The van der Waals surface area contributed by atoms with Gasteiger partial charge >= 0.3 is 0 Å². The lowest BCUT2D eigenvalue weighted by atomic mass is 10.1. The summed E-state index contributed by atoms with van der Waals surface area (Å²) in [6, 6.07) is 7.63. The molecule has 25 heavy (non-hydrogen) atoms. The molecule has 0 aliphatic rings. The second-order valence-electron chi connectivity index (χ2n) is 6.09. The Kier molecular flexibility index (Phi) is 4.76. The maximum Gasteiger partial charge on any atom is 0.276 e. The summed E-state index contributed by atoms with van der Waals surface area (Å²) >= 11 is 3.52. The Labute approximate surface area is 155 Å². The van der Waals surface area contributed by atoms with Gasteiger partial charge in [-0.1, -0.05) is 18.2 Å². The molecule has 0 bridgehead atoms. The van der Waals surface area contributed by atoms with Crippen LogP contribution in [0.25, 0.3) is 0 Å². The number of benzene rings is 1. The van der Waals surface area contributed by atoms with Crippen LogP contribution in [0.5, 0.6) is 0 Å². The number of carbonyl (C=O) groups excluding carboxylic acids is 1. The zero-order valence-corrected chi connectivity index (χ0v) is 16.3. The fourth-order valence-electron chi connectivity index (χ4n) is 2.70. The first kappa shape index (κ1) is 17.4. The SMILES string of the molecule is Cc1cccc(C)c1NC(=O)c1ccn(Cn2nc(C)c(Br)c2C)n1. The van der Waals surface area contributed by atoms with Gasteiger partial charge in [0.15, 0.2) is 5.69 Å². The summed E-state index contributed by atoms with van der Waals surface area (Å²) < 4.78 is 4.54. The molecule has 0 fully saturated rings. The highest BCUT2D eigenvalue weighted by atomic mass is 79.9. The van der Waals surface area contributed by atoms with Gasteiger partial charge in [-0.3, -0.25) is 9.48 Å². The van der Waals surface area contributed by atoms with Gasteiger partial charge < -0.3 is 5.32 Å². The van der Waals surface area contributed by atoms with Crippen molar-refractivity contribution < 1.29 is 4.79 Å². The molecular formula is C18H20BrN5O. The molecule has 0 aliphatic carbocycles. The van der Waals surface area contributed by atoms with E-state index in [4.69, 9.17) is 0 Å². The number of anilines is 1. The van der Waals surface area contributed by atoms with Gasteiger partial charge in [-0.15, -0.1) is 0 Å². The summed E-state index contributed by atoms with van der Waals surface area (Å²) in [5.41, 5.74) is 5.22. The highest BCUT2D eigenvalue weighted by molar-refractivity contribution is 9.10. The maximum absolute atomic E-state index is 12.5. The zero-order chi connectivity index (χ0) is 18.1. The number of para-hydroxylation sites is 1. The standard InChI is InChI=1S/C18H20BrN5O/c1-11-6-5-7-12(2)17(11)20-18(25)15-8-9-23(22-15)10-24-14(4)16(19)13(3)21-24/h5-9H,10H2,1-4H3,(H,20,25). The van der Waals surface area contributed by atoms with E-state index in [1.54, 1.807) is 16.9 Å². The topological polar surface area (TPSA) is 64.7 Å². The number of carbonyl (C=O) groups is 1. The molecule has 2 aromatic heterocycles. The average Bonchev–Trinajstić information content (AvgIpc) is 3.13. The Hall–Kier alpha value is -2.41. The van der Waals surface area contributed by atoms with Crippen LogP contribution in [-0.2, 0) is 6.67 Å². The van der Waals surface area contributed by atoms with Crippen molar-refractivity contribution in [2.24, 2.45) is 0 Å². The number of nitrogens with one attached hydrogen (secondary N) is 1. The summed E-state index contributed by atoms with van der Waals surface area (Å²) in [6.07, 6.45) is 1.78. The molecule has 7 heteroatoms. The molecule has 2 heterocycles. The number of hydrogen-bond acceptors (Lipinski definition) is 3. The molecule has 1 aromatic carbocycles. The molecule has 1 amide bonds. The van der Waals surface area contributed by atoms with E-state index >= 15 is 0 Å². The number of hydrogen-bond donors (Lipinski definition) is 1. The van der Waals surface area contributed by atoms with E-state index in [1.807, 2.05) is 50.6 Å². The van der Waals surface area contributed by atoms with Gasteiger partial charge in [-0.2, -0.15) is 10.2 Å². The van der Waals surface area contributed by atoms with E-state index in [1.165, 1.54) is 0 Å². The maximum atomic E-state index is 12.5. The Morgan fingerprint density at radius 1 is 1.12 bits per heavy atom. The van der Waals surface area contributed by atoms with Crippen molar-refractivity contribution in [2.45, 2.75) is 34.4 Å². The first-order valence-electron chi connectivity index (χ1n) is 7.97. The summed E-state index contributed by atoms with van der Waals surface area (Å²) in [5.74, 6) is -0.217. The number of rotatable bonds is 4. The molecule has 0 unspecified atom stereocenters. The summed E-state index contributed by atoms with van der Waals surface area (Å²) in [4.78, 5) is 12.5. The van der Waals surface area contributed by atoms with E-state index in [0.717, 1.165) is 32.7 Å².